The number of nitrogen functional groups attached to an aromatic ring is 1. The Morgan fingerprint density at radius 2 is 2.19 bits per heavy atom. The Bertz CT molecular complexity index is 543. The van der Waals surface area contributed by atoms with Gasteiger partial charge in [-0.1, -0.05) is 0 Å². The molecule has 1 aromatic carbocycles. The molecule has 21 heavy (non-hydrogen) atoms. The molecule has 0 atom stereocenters. The molecule has 114 valence electrons. The van der Waals surface area contributed by atoms with E-state index in [-0.39, 0.29) is 29.8 Å². The van der Waals surface area contributed by atoms with Crippen LogP contribution in [0.2, 0.25) is 0 Å². The molecule has 0 saturated heterocycles. The van der Waals surface area contributed by atoms with Gasteiger partial charge in [-0.25, -0.2) is 0 Å². The van der Waals surface area contributed by atoms with Gasteiger partial charge in [0.1, 0.15) is 5.56 Å². The summed E-state index contributed by atoms with van der Waals surface area (Å²) in [4.78, 5) is 24.8. The number of amides is 1. The highest BCUT2D eigenvalue weighted by Gasteiger charge is 2.32. The minimum atomic E-state index is -0.572. The summed E-state index contributed by atoms with van der Waals surface area (Å²) in [5.41, 5.74) is 5.76. The molecule has 3 N–H and O–H groups in total. The van der Waals surface area contributed by atoms with Crippen LogP contribution in [0, 0.1) is 10.1 Å². The molecular weight excluding hydrogens is 274 g/mol. The lowest BCUT2D eigenvalue weighted by Crippen LogP contribution is -2.45. The zero-order chi connectivity index (χ0) is 15.4. The van der Waals surface area contributed by atoms with Gasteiger partial charge in [0, 0.05) is 30.9 Å². The summed E-state index contributed by atoms with van der Waals surface area (Å²) in [7, 11) is 0. The number of carbonyl (C=O) groups excluding carboxylic acids is 1. The molecule has 0 heterocycles. The molecule has 0 bridgehead atoms. The highest BCUT2D eigenvalue weighted by molar-refractivity contribution is 5.99. The summed E-state index contributed by atoms with van der Waals surface area (Å²) in [6.45, 7) is 0.376. The average Bonchev–Trinajstić information content (AvgIpc) is 2.40. The lowest BCUT2D eigenvalue weighted by molar-refractivity contribution is -0.385. The van der Waals surface area contributed by atoms with E-state index in [0.717, 1.165) is 19.3 Å². The van der Waals surface area contributed by atoms with Crippen LogP contribution in [-0.2, 0) is 0 Å². The molecule has 7 heteroatoms. The van der Waals surface area contributed by atoms with Gasteiger partial charge in [0.25, 0.3) is 11.6 Å². The first-order valence-electron chi connectivity index (χ1n) is 7.00. The molecule has 1 aliphatic carbocycles. The summed E-state index contributed by atoms with van der Waals surface area (Å²) >= 11 is 0. The molecule has 1 amide bonds. The standard InChI is InChI=1S/C14H19N3O4/c15-10-5-6-13(17(20)21)12(9-10)14(19)16(7-2-8-18)11-3-1-4-11/h5-6,9,11,18H,1-4,7-8,15H2. The highest BCUT2D eigenvalue weighted by Crippen LogP contribution is 2.29. The molecule has 7 nitrogen and oxygen atoms in total. The van der Waals surface area contributed by atoms with Crippen molar-refractivity contribution in [3.63, 3.8) is 0 Å². The van der Waals surface area contributed by atoms with Gasteiger partial charge in [-0.2, -0.15) is 0 Å². The lowest BCUT2D eigenvalue weighted by atomic mass is 9.90. The number of aliphatic hydroxyl groups is 1. The van der Waals surface area contributed by atoms with Crippen LogP contribution in [0.3, 0.4) is 0 Å². The zero-order valence-electron chi connectivity index (χ0n) is 11.7. The molecule has 1 fully saturated rings. The number of nitro groups is 1. The minimum Gasteiger partial charge on any atom is -0.399 e. The fourth-order valence-electron chi connectivity index (χ4n) is 2.43. The topological polar surface area (TPSA) is 110 Å². The van der Waals surface area contributed by atoms with Crippen molar-refractivity contribution >= 4 is 17.3 Å². The van der Waals surface area contributed by atoms with Gasteiger partial charge in [0.2, 0.25) is 0 Å². The maximum atomic E-state index is 12.6. The van der Waals surface area contributed by atoms with Crippen molar-refractivity contribution in [2.75, 3.05) is 18.9 Å². The fraction of sp³-hybridized carbons (Fsp3) is 0.500. The van der Waals surface area contributed by atoms with Crippen molar-refractivity contribution in [3.05, 3.63) is 33.9 Å². The zero-order valence-corrected chi connectivity index (χ0v) is 11.7. The van der Waals surface area contributed by atoms with E-state index in [1.54, 1.807) is 4.90 Å². The average molecular weight is 293 g/mol. The van der Waals surface area contributed by atoms with Crippen molar-refractivity contribution in [2.45, 2.75) is 31.7 Å². The smallest absolute Gasteiger partial charge is 0.282 e. The van der Waals surface area contributed by atoms with Crippen LogP contribution in [0.25, 0.3) is 0 Å². The maximum Gasteiger partial charge on any atom is 0.282 e. The van der Waals surface area contributed by atoms with Crippen LogP contribution in [0.1, 0.15) is 36.0 Å². The second kappa shape index (κ2) is 6.53. The Kier molecular flexibility index (Phi) is 4.74. The molecule has 0 radical (unpaired) electrons. The first kappa shape index (κ1) is 15.2. The molecule has 0 aliphatic heterocycles. The lowest BCUT2D eigenvalue weighted by Gasteiger charge is -2.37. The molecule has 0 unspecified atom stereocenters. The number of hydrogen-bond donors (Lipinski definition) is 2. The van der Waals surface area contributed by atoms with Crippen molar-refractivity contribution in [1.29, 1.82) is 0 Å². The number of nitro benzene ring substituents is 1. The van der Waals surface area contributed by atoms with Gasteiger partial charge >= 0.3 is 0 Å². The summed E-state index contributed by atoms with van der Waals surface area (Å²) in [6.07, 6.45) is 3.30. The third-order valence-corrected chi connectivity index (χ3v) is 3.78. The normalized spacial score (nSPS) is 14.5. The van der Waals surface area contributed by atoms with Crippen LogP contribution in [0.15, 0.2) is 18.2 Å². The highest BCUT2D eigenvalue weighted by atomic mass is 16.6. The molecule has 1 aromatic rings. The second-order valence-electron chi connectivity index (χ2n) is 5.19. The van der Waals surface area contributed by atoms with E-state index in [1.807, 2.05) is 0 Å². The van der Waals surface area contributed by atoms with E-state index in [1.165, 1.54) is 18.2 Å². The number of benzene rings is 1. The van der Waals surface area contributed by atoms with Gasteiger partial charge in [0.15, 0.2) is 0 Å². The van der Waals surface area contributed by atoms with E-state index < -0.39 is 4.92 Å². The Hall–Kier alpha value is -2.15. The summed E-state index contributed by atoms with van der Waals surface area (Å²) in [5, 5.41) is 20.0. The number of carbonyl (C=O) groups is 1. The SMILES string of the molecule is Nc1ccc([N+](=O)[O-])c(C(=O)N(CCCO)C2CCC2)c1. The third-order valence-electron chi connectivity index (χ3n) is 3.78. The van der Waals surface area contributed by atoms with Crippen molar-refractivity contribution in [3.8, 4) is 0 Å². The van der Waals surface area contributed by atoms with Crippen LogP contribution in [-0.4, -0.2) is 40.0 Å². The number of aliphatic hydroxyl groups excluding tert-OH is 1. The summed E-state index contributed by atoms with van der Waals surface area (Å²) in [5.74, 6) is -0.382. The quantitative estimate of drug-likeness (QED) is 0.470. The Labute approximate surface area is 122 Å². The third kappa shape index (κ3) is 3.30. The molecule has 0 aromatic heterocycles. The summed E-state index contributed by atoms with van der Waals surface area (Å²) < 4.78 is 0. The van der Waals surface area contributed by atoms with Crippen molar-refractivity contribution in [1.82, 2.24) is 4.90 Å². The predicted octanol–water partition coefficient (Wildman–Crippen LogP) is 1.55. The number of nitrogens with zero attached hydrogens (tertiary/aromatic N) is 2. The molecule has 2 rings (SSSR count). The first-order valence-corrected chi connectivity index (χ1v) is 7.00. The Morgan fingerprint density at radius 3 is 2.71 bits per heavy atom. The second-order valence-corrected chi connectivity index (χ2v) is 5.19. The van der Waals surface area contributed by atoms with Crippen molar-refractivity contribution in [2.24, 2.45) is 0 Å². The summed E-state index contributed by atoms with van der Waals surface area (Å²) in [6, 6.07) is 4.12. The largest absolute Gasteiger partial charge is 0.399 e. The van der Waals surface area contributed by atoms with E-state index >= 15 is 0 Å². The van der Waals surface area contributed by atoms with E-state index in [9.17, 15) is 14.9 Å². The number of nitrogens with two attached hydrogens (primary N) is 1. The van der Waals surface area contributed by atoms with Crippen molar-refractivity contribution < 1.29 is 14.8 Å². The predicted molar refractivity (Wildman–Crippen MR) is 77.9 cm³/mol. The van der Waals surface area contributed by atoms with Gasteiger partial charge in [-0.15, -0.1) is 0 Å². The number of anilines is 1. The molecule has 1 aliphatic rings. The van der Waals surface area contributed by atoms with Gasteiger partial charge < -0.3 is 15.7 Å². The van der Waals surface area contributed by atoms with Crippen LogP contribution in [0.5, 0.6) is 0 Å². The monoisotopic (exact) mass is 293 g/mol. The Balaban J connectivity index is 2.30. The van der Waals surface area contributed by atoms with Gasteiger partial charge in [-0.05, 0) is 37.8 Å². The van der Waals surface area contributed by atoms with Crippen LogP contribution >= 0.6 is 0 Å². The maximum absolute atomic E-state index is 12.6. The Morgan fingerprint density at radius 1 is 1.48 bits per heavy atom. The van der Waals surface area contributed by atoms with Crippen LogP contribution < -0.4 is 5.73 Å². The fourth-order valence-corrected chi connectivity index (χ4v) is 2.43. The number of hydrogen-bond acceptors (Lipinski definition) is 5. The minimum absolute atomic E-state index is 0.0183. The molecular formula is C14H19N3O4. The molecule has 1 saturated carbocycles. The first-order chi connectivity index (χ1) is 10.0. The van der Waals surface area contributed by atoms with E-state index in [4.69, 9.17) is 10.8 Å². The molecule has 0 spiro atoms. The van der Waals surface area contributed by atoms with Crippen LogP contribution in [0.4, 0.5) is 11.4 Å². The van der Waals surface area contributed by atoms with Gasteiger partial charge in [0.05, 0.1) is 4.92 Å². The van der Waals surface area contributed by atoms with E-state index in [2.05, 4.69) is 0 Å². The van der Waals surface area contributed by atoms with E-state index in [0.29, 0.717) is 18.7 Å². The number of rotatable bonds is 6. The van der Waals surface area contributed by atoms with Gasteiger partial charge in [-0.3, -0.25) is 14.9 Å².